The molecule has 25 heavy (non-hydrogen) atoms. The van der Waals surface area contributed by atoms with Crippen LogP contribution in [0.25, 0.3) is 0 Å². The number of benzene rings is 1. The van der Waals surface area contributed by atoms with Crippen molar-refractivity contribution in [2.75, 3.05) is 11.9 Å². The molecule has 0 aliphatic rings. The van der Waals surface area contributed by atoms with E-state index in [1.165, 1.54) is 12.1 Å². The number of halogens is 3. The number of nitrogens with one attached hydrogen (secondary N) is 2. The summed E-state index contributed by atoms with van der Waals surface area (Å²) in [5, 5.41) is 16.3. The van der Waals surface area contributed by atoms with E-state index in [9.17, 15) is 23.3 Å². The minimum atomic E-state index is -4.43. The molecule has 0 atom stereocenters. The van der Waals surface area contributed by atoms with Crippen molar-refractivity contribution in [3.8, 4) is 0 Å². The van der Waals surface area contributed by atoms with Crippen molar-refractivity contribution in [2.45, 2.75) is 19.1 Å². The van der Waals surface area contributed by atoms with Crippen LogP contribution in [0.4, 0.5) is 18.9 Å². The molecule has 134 valence electrons. The molecular weight excluding hydrogens is 339 g/mol. The van der Waals surface area contributed by atoms with Crippen molar-refractivity contribution in [3.05, 3.63) is 70.7 Å². The molecule has 0 amide bonds. The minimum absolute atomic E-state index is 0.0930. The first-order valence-electron chi connectivity index (χ1n) is 7.34. The Labute approximate surface area is 141 Å². The number of alkyl halides is 3. The van der Waals surface area contributed by atoms with Gasteiger partial charge in [0.15, 0.2) is 5.82 Å². The van der Waals surface area contributed by atoms with Crippen LogP contribution in [-0.2, 0) is 12.7 Å². The standard InChI is InChI=1S/C15H16F3N5O2/c16-15(17,18)12-2-4-13(5-3-12)21-14(10-23(24)25)20-6-1-8-22-9-7-19-11-22/h2-5,7,9-11,20-21H,1,6,8H2/b14-10-. The molecule has 0 saturated carbocycles. The summed E-state index contributed by atoms with van der Waals surface area (Å²) in [6, 6.07) is 4.24. The fourth-order valence-corrected chi connectivity index (χ4v) is 2.03. The Kier molecular flexibility index (Phi) is 5.98. The van der Waals surface area contributed by atoms with Crippen LogP contribution in [0.3, 0.4) is 0 Å². The van der Waals surface area contributed by atoms with Crippen molar-refractivity contribution >= 4 is 5.69 Å². The van der Waals surface area contributed by atoms with Crippen LogP contribution in [0.2, 0.25) is 0 Å². The topological polar surface area (TPSA) is 85.0 Å². The highest BCUT2D eigenvalue weighted by atomic mass is 19.4. The van der Waals surface area contributed by atoms with E-state index in [2.05, 4.69) is 15.6 Å². The summed E-state index contributed by atoms with van der Waals surface area (Å²) < 4.78 is 39.5. The number of nitrogens with zero attached hydrogens (tertiary/aromatic N) is 3. The van der Waals surface area contributed by atoms with E-state index in [0.29, 0.717) is 25.2 Å². The number of hydrogen-bond acceptors (Lipinski definition) is 5. The van der Waals surface area contributed by atoms with Crippen molar-refractivity contribution in [2.24, 2.45) is 0 Å². The van der Waals surface area contributed by atoms with Crippen molar-refractivity contribution in [1.29, 1.82) is 0 Å². The molecule has 0 fully saturated rings. The van der Waals surface area contributed by atoms with Gasteiger partial charge in [0.05, 0.1) is 16.8 Å². The van der Waals surface area contributed by atoms with Gasteiger partial charge < -0.3 is 15.2 Å². The van der Waals surface area contributed by atoms with Gasteiger partial charge in [0.2, 0.25) is 0 Å². The highest BCUT2D eigenvalue weighted by Gasteiger charge is 2.29. The van der Waals surface area contributed by atoms with Gasteiger partial charge in [-0.3, -0.25) is 10.1 Å². The van der Waals surface area contributed by atoms with Crippen LogP contribution in [0.5, 0.6) is 0 Å². The zero-order chi connectivity index (χ0) is 18.3. The maximum atomic E-state index is 12.5. The summed E-state index contributed by atoms with van der Waals surface area (Å²) in [5.74, 6) is 0.0930. The van der Waals surface area contributed by atoms with Gasteiger partial charge in [0.1, 0.15) is 0 Å². The average molecular weight is 355 g/mol. The lowest BCUT2D eigenvalue weighted by molar-refractivity contribution is -0.403. The lowest BCUT2D eigenvalue weighted by Gasteiger charge is -2.13. The van der Waals surface area contributed by atoms with Gasteiger partial charge in [-0.2, -0.15) is 13.2 Å². The maximum Gasteiger partial charge on any atom is 0.416 e. The molecule has 0 unspecified atom stereocenters. The lowest BCUT2D eigenvalue weighted by atomic mass is 10.2. The molecule has 0 bridgehead atoms. The fraction of sp³-hybridized carbons (Fsp3) is 0.267. The molecule has 1 heterocycles. The van der Waals surface area contributed by atoms with Crippen molar-refractivity contribution in [1.82, 2.24) is 14.9 Å². The van der Waals surface area contributed by atoms with Crippen molar-refractivity contribution in [3.63, 3.8) is 0 Å². The molecular formula is C15H16F3N5O2. The van der Waals surface area contributed by atoms with Crippen LogP contribution >= 0.6 is 0 Å². The molecule has 0 radical (unpaired) electrons. The first-order valence-corrected chi connectivity index (χ1v) is 7.34. The fourth-order valence-electron chi connectivity index (χ4n) is 2.03. The number of aromatic nitrogens is 2. The molecule has 0 saturated heterocycles. The molecule has 1 aromatic heterocycles. The first kappa shape index (κ1) is 18.3. The molecule has 1 aromatic carbocycles. The smallest absolute Gasteiger partial charge is 0.366 e. The summed E-state index contributed by atoms with van der Waals surface area (Å²) in [6.45, 7) is 1.12. The van der Waals surface area contributed by atoms with E-state index in [0.717, 1.165) is 18.3 Å². The minimum Gasteiger partial charge on any atom is -0.366 e. The van der Waals surface area contributed by atoms with E-state index in [-0.39, 0.29) is 5.82 Å². The summed E-state index contributed by atoms with van der Waals surface area (Å²) in [4.78, 5) is 14.0. The zero-order valence-electron chi connectivity index (χ0n) is 13.0. The van der Waals surface area contributed by atoms with Crippen LogP contribution in [-0.4, -0.2) is 21.0 Å². The maximum absolute atomic E-state index is 12.5. The Morgan fingerprint density at radius 1 is 1.32 bits per heavy atom. The summed E-state index contributed by atoms with van der Waals surface area (Å²) in [5.41, 5.74) is -0.477. The number of imidazole rings is 1. The normalized spacial score (nSPS) is 12.0. The molecule has 0 aliphatic carbocycles. The van der Waals surface area contributed by atoms with Gasteiger partial charge >= 0.3 is 6.18 Å². The number of hydrogen-bond donors (Lipinski definition) is 2. The van der Waals surface area contributed by atoms with Gasteiger partial charge in [-0.05, 0) is 30.7 Å². The quantitative estimate of drug-likeness (QED) is 0.432. The van der Waals surface area contributed by atoms with Gasteiger partial charge in [-0.15, -0.1) is 0 Å². The Balaban J connectivity index is 1.92. The van der Waals surface area contributed by atoms with Crippen LogP contribution in [0.1, 0.15) is 12.0 Å². The van der Waals surface area contributed by atoms with E-state index in [1.54, 1.807) is 18.7 Å². The third-order valence-electron chi connectivity index (χ3n) is 3.19. The number of aryl methyl sites for hydroxylation is 1. The van der Waals surface area contributed by atoms with Crippen LogP contribution < -0.4 is 10.6 Å². The summed E-state index contributed by atoms with van der Waals surface area (Å²) in [7, 11) is 0. The predicted octanol–water partition coefficient (Wildman–Crippen LogP) is 3.07. The second kappa shape index (κ2) is 8.18. The summed E-state index contributed by atoms with van der Waals surface area (Å²) in [6.07, 6.45) is 2.10. The molecule has 2 rings (SSSR count). The zero-order valence-corrected chi connectivity index (χ0v) is 13.0. The Morgan fingerprint density at radius 2 is 2.04 bits per heavy atom. The highest BCUT2D eigenvalue weighted by molar-refractivity contribution is 5.49. The van der Waals surface area contributed by atoms with Gasteiger partial charge in [0, 0.05) is 31.2 Å². The lowest BCUT2D eigenvalue weighted by Crippen LogP contribution is -2.23. The number of anilines is 1. The van der Waals surface area contributed by atoms with Gasteiger partial charge in [-0.1, -0.05) is 0 Å². The Bertz CT molecular complexity index is 712. The predicted molar refractivity (Wildman–Crippen MR) is 85.0 cm³/mol. The van der Waals surface area contributed by atoms with E-state index in [4.69, 9.17) is 0 Å². The third kappa shape index (κ3) is 6.16. The van der Waals surface area contributed by atoms with Crippen LogP contribution in [0, 0.1) is 10.1 Å². The molecule has 10 heteroatoms. The molecule has 2 N–H and O–H groups in total. The van der Waals surface area contributed by atoms with Gasteiger partial charge in [0.25, 0.3) is 6.20 Å². The van der Waals surface area contributed by atoms with Crippen molar-refractivity contribution < 1.29 is 18.1 Å². The first-order chi connectivity index (χ1) is 11.8. The monoisotopic (exact) mass is 355 g/mol. The van der Waals surface area contributed by atoms with E-state index >= 15 is 0 Å². The Morgan fingerprint density at radius 3 is 2.60 bits per heavy atom. The van der Waals surface area contributed by atoms with E-state index in [1.807, 2.05) is 4.57 Å². The largest absolute Gasteiger partial charge is 0.416 e. The third-order valence-corrected chi connectivity index (χ3v) is 3.19. The molecule has 0 spiro atoms. The van der Waals surface area contributed by atoms with Gasteiger partial charge in [-0.25, -0.2) is 4.98 Å². The molecule has 7 nitrogen and oxygen atoms in total. The second-order valence-electron chi connectivity index (χ2n) is 5.11. The number of rotatable bonds is 8. The molecule has 2 aromatic rings. The highest BCUT2D eigenvalue weighted by Crippen LogP contribution is 2.29. The summed E-state index contributed by atoms with van der Waals surface area (Å²) >= 11 is 0. The van der Waals surface area contributed by atoms with Crippen LogP contribution in [0.15, 0.2) is 55.0 Å². The average Bonchev–Trinajstić information content (AvgIpc) is 3.04. The number of nitro groups is 1. The second-order valence-corrected chi connectivity index (χ2v) is 5.11. The Hall–Kier alpha value is -3.04. The SMILES string of the molecule is O=[N+]([O-])/C=C(/NCCCn1ccnc1)Nc1ccc(C(F)(F)F)cc1. The molecule has 0 aliphatic heterocycles. The van der Waals surface area contributed by atoms with E-state index < -0.39 is 16.7 Å².